The third kappa shape index (κ3) is 3.94. The van der Waals surface area contributed by atoms with Gasteiger partial charge < -0.3 is 4.42 Å². The Morgan fingerprint density at radius 2 is 0.886 bits per heavy atom. The maximum atomic E-state index is 6.52. The fraction of sp³-hybridized carbons (Fsp3) is 0. The second kappa shape index (κ2) is 9.97. The molecule has 3 aromatic heterocycles. The predicted molar refractivity (Wildman–Crippen MR) is 182 cm³/mol. The molecule has 0 bridgehead atoms. The molecule has 9 rings (SSSR count). The van der Waals surface area contributed by atoms with Crippen LogP contribution in [0.4, 0.5) is 0 Å². The lowest BCUT2D eigenvalue weighted by Crippen LogP contribution is -2.00. The van der Waals surface area contributed by atoms with E-state index in [0.29, 0.717) is 17.5 Å². The van der Waals surface area contributed by atoms with Crippen molar-refractivity contribution in [1.29, 1.82) is 0 Å². The first-order valence-corrected chi connectivity index (χ1v) is 15.4. The van der Waals surface area contributed by atoms with Gasteiger partial charge in [0.2, 0.25) is 0 Å². The minimum atomic E-state index is 0.611. The summed E-state index contributed by atoms with van der Waals surface area (Å²) in [6.07, 6.45) is 0. The summed E-state index contributed by atoms with van der Waals surface area (Å²) >= 11 is 1.83. The lowest BCUT2D eigenvalue weighted by atomic mass is 9.94. The molecule has 0 aliphatic carbocycles. The van der Waals surface area contributed by atoms with Crippen molar-refractivity contribution in [3.63, 3.8) is 0 Å². The number of benzene rings is 6. The summed E-state index contributed by atoms with van der Waals surface area (Å²) in [5, 5.41) is 4.60. The molecule has 44 heavy (non-hydrogen) atoms. The van der Waals surface area contributed by atoms with E-state index < -0.39 is 0 Å². The fourth-order valence-corrected chi connectivity index (χ4v) is 7.34. The summed E-state index contributed by atoms with van der Waals surface area (Å²) in [6.45, 7) is 0. The average Bonchev–Trinajstić information content (AvgIpc) is 3.67. The van der Waals surface area contributed by atoms with Gasteiger partial charge in [-0.3, -0.25) is 0 Å². The standard InChI is InChI=1S/C39H23N3OS/c1-3-12-24(13-4-1)37-40-38(25-14-5-2-6-15-25)42-39(41-37)29-19-10-21-31-36(29)35-27(17-9-20-30(35)43-31)26-18-11-23-33-34(26)28-16-7-8-22-32(28)44-33/h1-23H. The molecule has 0 atom stereocenters. The Labute approximate surface area is 256 Å². The molecule has 5 heteroatoms. The van der Waals surface area contributed by atoms with E-state index in [1.165, 1.54) is 25.7 Å². The van der Waals surface area contributed by atoms with E-state index in [0.717, 1.165) is 44.2 Å². The highest BCUT2D eigenvalue weighted by Gasteiger charge is 2.21. The van der Waals surface area contributed by atoms with Crippen LogP contribution >= 0.6 is 11.3 Å². The zero-order valence-corrected chi connectivity index (χ0v) is 24.3. The number of rotatable bonds is 4. The minimum Gasteiger partial charge on any atom is -0.456 e. The molecular weight excluding hydrogens is 559 g/mol. The Balaban J connectivity index is 1.36. The predicted octanol–water partition coefficient (Wildman–Crippen LogP) is 10.8. The largest absolute Gasteiger partial charge is 0.456 e. The normalized spacial score (nSPS) is 11.6. The van der Waals surface area contributed by atoms with E-state index in [1.54, 1.807) is 0 Å². The van der Waals surface area contributed by atoms with Crippen molar-refractivity contribution in [3.05, 3.63) is 140 Å². The molecule has 0 amide bonds. The third-order valence-electron chi connectivity index (χ3n) is 8.16. The molecule has 4 nitrogen and oxygen atoms in total. The van der Waals surface area contributed by atoms with Gasteiger partial charge in [0.15, 0.2) is 17.5 Å². The summed E-state index contributed by atoms with van der Waals surface area (Å²) in [5.74, 6) is 1.88. The minimum absolute atomic E-state index is 0.611. The van der Waals surface area contributed by atoms with Gasteiger partial charge in [-0.2, -0.15) is 0 Å². The van der Waals surface area contributed by atoms with Gasteiger partial charge in [-0.15, -0.1) is 11.3 Å². The second-order valence-electron chi connectivity index (χ2n) is 10.8. The number of furan rings is 1. The molecule has 0 saturated carbocycles. The van der Waals surface area contributed by atoms with E-state index in [-0.39, 0.29) is 0 Å². The number of nitrogens with zero attached hydrogens (tertiary/aromatic N) is 3. The zero-order valence-electron chi connectivity index (χ0n) is 23.4. The monoisotopic (exact) mass is 581 g/mol. The van der Waals surface area contributed by atoms with Gasteiger partial charge in [-0.25, -0.2) is 15.0 Å². The first-order chi connectivity index (χ1) is 21.8. The molecule has 206 valence electrons. The smallest absolute Gasteiger partial charge is 0.164 e. The summed E-state index contributed by atoms with van der Waals surface area (Å²) < 4.78 is 9.07. The van der Waals surface area contributed by atoms with E-state index in [2.05, 4.69) is 60.7 Å². The van der Waals surface area contributed by atoms with Crippen LogP contribution in [-0.4, -0.2) is 15.0 Å². The van der Waals surface area contributed by atoms with Gasteiger partial charge in [0.25, 0.3) is 0 Å². The molecule has 0 aliphatic heterocycles. The van der Waals surface area contributed by atoms with Crippen molar-refractivity contribution < 1.29 is 4.42 Å². The molecule has 0 saturated heterocycles. The van der Waals surface area contributed by atoms with Crippen LogP contribution in [0.5, 0.6) is 0 Å². The van der Waals surface area contributed by atoms with E-state index in [9.17, 15) is 0 Å². The molecule has 0 fully saturated rings. The Bertz CT molecular complexity index is 2440. The van der Waals surface area contributed by atoms with Crippen LogP contribution in [0.25, 0.3) is 87.4 Å². The number of hydrogen-bond donors (Lipinski definition) is 0. The number of thiophene rings is 1. The first kappa shape index (κ1) is 24.9. The molecule has 0 N–H and O–H groups in total. The highest BCUT2D eigenvalue weighted by Crippen LogP contribution is 2.45. The van der Waals surface area contributed by atoms with Crippen molar-refractivity contribution in [2.75, 3.05) is 0 Å². The van der Waals surface area contributed by atoms with E-state index in [1.807, 2.05) is 90.2 Å². The second-order valence-corrected chi connectivity index (χ2v) is 11.9. The lowest BCUT2D eigenvalue weighted by Gasteiger charge is -2.10. The molecular formula is C39H23N3OS. The zero-order chi connectivity index (χ0) is 29.0. The Morgan fingerprint density at radius 3 is 1.57 bits per heavy atom. The maximum absolute atomic E-state index is 6.52. The molecule has 0 spiro atoms. The summed E-state index contributed by atoms with van der Waals surface area (Å²) in [6, 6.07) is 47.9. The van der Waals surface area contributed by atoms with Crippen molar-refractivity contribution in [2.45, 2.75) is 0 Å². The van der Waals surface area contributed by atoms with E-state index >= 15 is 0 Å². The van der Waals surface area contributed by atoms with Crippen LogP contribution < -0.4 is 0 Å². The van der Waals surface area contributed by atoms with Crippen LogP contribution in [0.1, 0.15) is 0 Å². The van der Waals surface area contributed by atoms with Crippen LogP contribution in [0.3, 0.4) is 0 Å². The summed E-state index contributed by atoms with van der Waals surface area (Å²) in [7, 11) is 0. The molecule has 6 aromatic carbocycles. The topological polar surface area (TPSA) is 51.8 Å². The quantitative estimate of drug-likeness (QED) is 0.207. The maximum Gasteiger partial charge on any atom is 0.164 e. The summed E-state index contributed by atoms with van der Waals surface area (Å²) in [5.41, 5.74) is 6.74. The molecule has 3 heterocycles. The van der Waals surface area contributed by atoms with Gasteiger partial charge in [0.05, 0.1) is 0 Å². The average molecular weight is 582 g/mol. The molecule has 9 aromatic rings. The van der Waals surface area contributed by atoms with Crippen molar-refractivity contribution >= 4 is 53.4 Å². The highest BCUT2D eigenvalue weighted by atomic mass is 32.1. The number of aromatic nitrogens is 3. The Kier molecular flexibility index (Phi) is 5.64. The van der Waals surface area contributed by atoms with Crippen molar-refractivity contribution in [1.82, 2.24) is 15.0 Å². The fourth-order valence-electron chi connectivity index (χ4n) is 6.21. The molecule has 0 unspecified atom stereocenters. The number of fused-ring (bicyclic) bond motifs is 6. The van der Waals surface area contributed by atoms with Crippen LogP contribution in [0.15, 0.2) is 144 Å². The van der Waals surface area contributed by atoms with Gasteiger partial charge in [-0.1, -0.05) is 115 Å². The highest BCUT2D eigenvalue weighted by molar-refractivity contribution is 7.25. The Hall–Kier alpha value is -5.65. The molecule has 0 aliphatic rings. The Morgan fingerprint density at radius 1 is 0.386 bits per heavy atom. The van der Waals surface area contributed by atoms with E-state index in [4.69, 9.17) is 19.4 Å². The lowest BCUT2D eigenvalue weighted by molar-refractivity contribution is 0.669. The van der Waals surface area contributed by atoms with Crippen LogP contribution in [0, 0.1) is 0 Å². The van der Waals surface area contributed by atoms with Gasteiger partial charge in [0.1, 0.15) is 11.2 Å². The van der Waals surface area contributed by atoms with Crippen LogP contribution in [0.2, 0.25) is 0 Å². The van der Waals surface area contributed by atoms with Crippen molar-refractivity contribution in [3.8, 4) is 45.3 Å². The van der Waals surface area contributed by atoms with Gasteiger partial charge in [-0.05, 0) is 35.4 Å². The van der Waals surface area contributed by atoms with Crippen LogP contribution in [-0.2, 0) is 0 Å². The number of hydrogen-bond acceptors (Lipinski definition) is 5. The SMILES string of the molecule is c1ccc(-c2nc(-c3ccccc3)nc(-c3cccc4oc5cccc(-c6cccc7sc8ccccc8c67)c5c34)n2)cc1. The molecule has 0 radical (unpaired) electrons. The van der Waals surface area contributed by atoms with Gasteiger partial charge >= 0.3 is 0 Å². The third-order valence-corrected chi connectivity index (χ3v) is 9.29. The first-order valence-electron chi connectivity index (χ1n) is 14.5. The summed E-state index contributed by atoms with van der Waals surface area (Å²) in [4.78, 5) is 15.0. The van der Waals surface area contributed by atoms with Crippen molar-refractivity contribution in [2.24, 2.45) is 0 Å². The van der Waals surface area contributed by atoms with Gasteiger partial charge in [0, 0.05) is 47.6 Å².